The van der Waals surface area contributed by atoms with Gasteiger partial charge in [0.15, 0.2) is 0 Å². The standard InChI is InChI=1S/C6H7ClS/c1-5-3-2-4-6(7)8-5/h3-4H,2H2,1H3. The largest absolute Gasteiger partial charge is 0.0831 e. The molecule has 0 aromatic carbocycles. The molecule has 0 amide bonds. The van der Waals surface area contributed by atoms with Gasteiger partial charge in [-0.3, -0.25) is 0 Å². The van der Waals surface area contributed by atoms with Gasteiger partial charge >= 0.3 is 0 Å². The van der Waals surface area contributed by atoms with Gasteiger partial charge in [-0.15, -0.1) is 0 Å². The average molecular weight is 147 g/mol. The summed E-state index contributed by atoms with van der Waals surface area (Å²) in [6, 6.07) is 0. The summed E-state index contributed by atoms with van der Waals surface area (Å²) in [5.41, 5.74) is 0. The fraction of sp³-hybridized carbons (Fsp3) is 0.333. The molecule has 8 heavy (non-hydrogen) atoms. The highest BCUT2D eigenvalue weighted by Crippen LogP contribution is 2.31. The Morgan fingerprint density at radius 2 is 2.38 bits per heavy atom. The lowest BCUT2D eigenvalue weighted by molar-refractivity contribution is 1.36. The van der Waals surface area contributed by atoms with Crippen molar-refractivity contribution in [3.8, 4) is 0 Å². The molecule has 0 aliphatic carbocycles. The lowest BCUT2D eigenvalue weighted by Crippen LogP contribution is -1.74. The first-order valence-electron chi connectivity index (χ1n) is 2.49. The van der Waals surface area contributed by atoms with Crippen LogP contribution in [0.25, 0.3) is 0 Å². The summed E-state index contributed by atoms with van der Waals surface area (Å²) in [6.07, 6.45) is 5.17. The molecule has 0 unspecified atom stereocenters. The Kier molecular flexibility index (Phi) is 2.03. The van der Waals surface area contributed by atoms with Crippen molar-refractivity contribution >= 4 is 23.4 Å². The van der Waals surface area contributed by atoms with Gasteiger partial charge in [0, 0.05) is 0 Å². The first-order chi connectivity index (χ1) is 3.79. The summed E-state index contributed by atoms with van der Waals surface area (Å²) in [6.45, 7) is 2.07. The molecule has 0 saturated carbocycles. The number of hydrogen-bond acceptors (Lipinski definition) is 1. The zero-order chi connectivity index (χ0) is 5.98. The van der Waals surface area contributed by atoms with Crippen molar-refractivity contribution in [2.24, 2.45) is 0 Å². The maximum absolute atomic E-state index is 5.69. The molecular weight excluding hydrogens is 140 g/mol. The van der Waals surface area contributed by atoms with Gasteiger partial charge in [0.1, 0.15) is 0 Å². The van der Waals surface area contributed by atoms with Crippen molar-refractivity contribution < 1.29 is 0 Å². The minimum absolute atomic E-state index is 0.907. The molecule has 0 fully saturated rings. The number of hydrogen-bond donors (Lipinski definition) is 0. The maximum Gasteiger partial charge on any atom is 0.0742 e. The Morgan fingerprint density at radius 1 is 1.62 bits per heavy atom. The Bertz CT molecular complexity index is 131. The van der Waals surface area contributed by atoms with Gasteiger partial charge in [0.25, 0.3) is 0 Å². The molecule has 0 aromatic heterocycles. The van der Waals surface area contributed by atoms with Crippen LogP contribution >= 0.6 is 23.4 Å². The summed E-state index contributed by atoms with van der Waals surface area (Å²) < 4.78 is 0.907. The molecule has 1 aliphatic rings. The molecule has 0 saturated heterocycles. The molecule has 44 valence electrons. The van der Waals surface area contributed by atoms with E-state index < -0.39 is 0 Å². The van der Waals surface area contributed by atoms with Crippen LogP contribution < -0.4 is 0 Å². The minimum Gasteiger partial charge on any atom is -0.0831 e. The van der Waals surface area contributed by atoms with E-state index in [9.17, 15) is 0 Å². The summed E-state index contributed by atoms with van der Waals surface area (Å²) in [5, 5.41) is 0. The fourth-order valence-electron chi connectivity index (χ4n) is 0.555. The van der Waals surface area contributed by atoms with Crippen molar-refractivity contribution in [2.75, 3.05) is 0 Å². The second-order valence-electron chi connectivity index (χ2n) is 1.66. The highest BCUT2D eigenvalue weighted by atomic mass is 35.5. The van der Waals surface area contributed by atoms with Gasteiger partial charge in [-0.05, 0) is 18.2 Å². The van der Waals surface area contributed by atoms with E-state index >= 15 is 0 Å². The van der Waals surface area contributed by atoms with E-state index in [1.165, 1.54) is 4.91 Å². The van der Waals surface area contributed by atoms with Crippen LogP contribution in [0.3, 0.4) is 0 Å². The first-order valence-corrected chi connectivity index (χ1v) is 3.69. The van der Waals surface area contributed by atoms with Crippen molar-refractivity contribution in [2.45, 2.75) is 13.3 Å². The third-order valence-electron chi connectivity index (χ3n) is 0.942. The third-order valence-corrected chi connectivity index (χ3v) is 2.18. The zero-order valence-corrected chi connectivity index (χ0v) is 6.22. The number of rotatable bonds is 0. The van der Waals surface area contributed by atoms with Crippen molar-refractivity contribution in [3.05, 3.63) is 21.4 Å². The van der Waals surface area contributed by atoms with Crippen LogP contribution in [-0.4, -0.2) is 0 Å². The molecule has 0 bridgehead atoms. The van der Waals surface area contributed by atoms with Gasteiger partial charge in [-0.2, -0.15) is 0 Å². The smallest absolute Gasteiger partial charge is 0.0742 e. The second-order valence-corrected chi connectivity index (χ2v) is 3.58. The Balaban J connectivity index is 2.57. The normalized spacial score (nSPS) is 19.8. The molecule has 0 atom stereocenters. The molecule has 0 nitrogen and oxygen atoms in total. The van der Waals surface area contributed by atoms with E-state index in [4.69, 9.17) is 11.6 Å². The summed E-state index contributed by atoms with van der Waals surface area (Å²) in [4.78, 5) is 1.30. The minimum atomic E-state index is 0.907. The predicted octanol–water partition coefficient (Wildman–Crippen LogP) is 3.11. The lowest BCUT2D eigenvalue weighted by Gasteiger charge is -2.02. The molecule has 2 heteroatoms. The fourth-order valence-corrected chi connectivity index (χ4v) is 1.68. The predicted molar refractivity (Wildman–Crippen MR) is 39.9 cm³/mol. The molecule has 0 radical (unpaired) electrons. The number of halogens is 1. The summed E-state index contributed by atoms with van der Waals surface area (Å²) >= 11 is 7.32. The number of allylic oxidation sites excluding steroid dienone is 3. The van der Waals surface area contributed by atoms with Gasteiger partial charge in [-0.1, -0.05) is 35.5 Å². The zero-order valence-electron chi connectivity index (χ0n) is 4.65. The molecule has 0 aromatic rings. The van der Waals surface area contributed by atoms with Crippen LogP contribution in [0, 0.1) is 0 Å². The van der Waals surface area contributed by atoms with E-state index in [0.29, 0.717) is 0 Å². The Hall–Kier alpha value is 0.120. The molecule has 0 N–H and O–H groups in total. The van der Waals surface area contributed by atoms with Crippen LogP contribution in [0.5, 0.6) is 0 Å². The van der Waals surface area contributed by atoms with Crippen LogP contribution in [0.2, 0.25) is 0 Å². The lowest BCUT2D eigenvalue weighted by atomic mass is 10.4. The van der Waals surface area contributed by atoms with E-state index in [2.05, 4.69) is 13.0 Å². The molecule has 1 aliphatic heterocycles. The van der Waals surface area contributed by atoms with E-state index in [1.807, 2.05) is 6.08 Å². The SMILES string of the molecule is CC1=CCC=C(Cl)S1. The van der Waals surface area contributed by atoms with E-state index in [-0.39, 0.29) is 0 Å². The molecule has 1 heterocycles. The maximum atomic E-state index is 5.69. The van der Waals surface area contributed by atoms with E-state index in [1.54, 1.807) is 11.8 Å². The highest BCUT2D eigenvalue weighted by molar-refractivity contribution is 8.08. The molecule has 1 rings (SSSR count). The van der Waals surface area contributed by atoms with Gasteiger partial charge in [0.05, 0.1) is 4.36 Å². The third kappa shape index (κ3) is 1.57. The van der Waals surface area contributed by atoms with Gasteiger partial charge in [0.2, 0.25) is 0 Å². The highest BCUT2D eigenvalue weighted by Gasteiger charge is 1.98. The Labute approximate surface area is 58.6 Å². The van der Waals surface area contributed by atoms with Crippen molar-refractivity contribution in [1.29, 1.82) is 0 Å². The number of thioether (sulfide) groups is 1. The Morgan fingerprint density at radius 3 is 2.75 bits per heavy atom. The first kappa shape index (κ1) is 6.24. The van der Waals surface area contributed by atoms with Crippen LogP contribution in [0.4, 0.5) is 0 Å². The summed E-state index contributed by atoms with van der Waals surface area (Å²) in [7, 11) is 0. The molecule has 0 spiro atoms. The average Bonchev–Trinajstić information content (AvgIpc) is 1.64. The van der Waals surface area contributed by atoms with Crippen LogP contribution in [0.1, 0.15) is 13.3 Å². The van der Waals surface area contributed by atoms with Crippen LogP contribution in [-0.2, 0) is 0 Å². The van der Waals surface area contributed by atoms with Crippen molar-refractivity contribution in [3.63, 3.8) is 0 Å². The quantitative estimate of drug-likeness (QED) is 0.506. The topological polar surface area (TPSA) is 0 Å². The second kappa shape index (κ2) is 2.60. The van der Waals surface area contributed by atoms with Gasteiger partial charge in [-0.25, -0.2) is 0 Å². The summed E-state index contributed by atoms with van der Waals surface area (Å²) in [5.74, 6) is 0. The van der Waals surface area contributed by atoms with E-state index in [0.717, 1.165) is 10.8 Å². The van der Waals surface area contributed by atoms with Gasteiger partial charge < -0.3 is 0 Å². The van der Waals surface area contributed by atoms with Crippen molar-refractivity contribution in [1.82, 2.24) is 0 Å². The van der Waals surface area contributed by atoms with Crippen LogP contribution in [0.15, 0.2) is 21.4 Å². The monoisotopic (exact) mass is 146 g/mol. The molecular formula is C6H7ClS.